The molecule has 8 heteroatoms. The number of para-hydroxylation sites is 1. The molecular formula is C29H24N4O3S. The highest BCUT2D eigenvalue weighted by Gasteiger charge is 2.37. The van der Waals surface area contributed by atoms with Crippen molar-refractivity contribution in [3.63, 3.8) is 0 Å². The predicted molar refractivity (Wildman–Crippen MR) is 143 cm³/mol. The number of furan rings is 1. The lowest BCUT2D eigenvalue weighted by molar-refractivity contribution is -0.122. The van der Waals surface area contributed by atoms with Gasteiger partial charge in [0.25, 0.3) is 11.8 Å². The van der Waals surface area contributed by atoms with E-state index in [1.54, 1.807) is 17.5 Å². The van der Waals surface area contributed by atoms with Gasteiger partial charge in [0.05, 0.1) is 12.0 Å². The van der Waals surface area contributed by atoms with Gasteiger partial charge >= 0.3 is 0 Å². The number of hydrogen-bond acceptors (Lipinski definition) is 6. The minimum absolute atomic E-state index is 0.154. The molecular weight excluding hydrogens is 484 g/mol. The van der Waals surface area contributed by atoms with Gasteiger partial charge < -0.3 is 9.73 Å². The Morgan fingerprint density at radius 2 is 1.62 bits per heavy atom. The van der Waals surface area contributed by atoms with Crippen LogP contribution in [0.15, 0.2) is 113 Å². The first-order valence-corrected chi connectivity index (χ1v) is 12.7. The first-order chi connectivity index (χ1) is 18.2. The Kier molecular flexibility index (Phi) is 7.47. The van der Waals surface area contributed by atoms with E-state index in [4.69, 9.17) is 4.42 Å². The first kappa shape index (κ1) is 24.1. The van der Waals surface area contributed by atoms with E-state index in [1.807, 2.05) is 84.9 Å². The number of carbonyl (C=O) groups is 2. The zero-order valence-electron chi connectivity index (χ0n) is 19.9. The number of aromatic nitrogens is 2. The van der Waals surface area contributed by atoms with Crippen molar-refractivity contribution in [2.24, 2.45) is 0 Å². The van der Waals surface area contributed by atoms with Gasteiger partial charge in [-0.25, -0.2) is 0 Å². The van der Waals surface area contributed by atoms with Crippen LogP contribution in [0.5, 0.6) is 0 Å². The van der Waals surface area contributed by atoms with Crippen molar-refractivity contribution in [1.82, 2.24) is 14.9 Å². The van der Waals surface area contributed by atoms with Gasteiger partial charge in [-0.1, -0.05) is 83.4 Å². The van der Waals surface area contributed by atoms with Gasteiger partial charge in [0.15, 0.2) is 11.7 Å². The summed E-state index contributed by atoms with van der Waals surface area (Å²) in [6.45, 7) is 0.403. The van der Waals surface area contributed by atoms with Crippen LogP contribution in [-0.2, 0) is 11.2 Å². The van der Waals surface area contributed by atoms with Crippen molar-refractivity contribution in [1.29, 1.82) is 0 Å². The number of rotatable bonds is 9. The van der Waals surface area contributed by atoms with Crippen LogP contribution in [-0.4, -0.2) is 27.9 Å². The summed E-state index contributed by atoms with van der Waals surface area (Å²) in [6, 6.07) is 29.5. The third-order valence-corrected chi connectivity index (χ3v) is 6.43. The molecule has 0 fully saturated rings. The summed E-state index contributed by atoms with van der Waals surface area (Å²) < 4.78 is 9.58. The molecule has 37 heavy (non-hydrogen) atoms. The first-order valence-electron chi connectivity index (χ1n) is 11.8. The van der Waals surface area contributed by atoms with Crippen molar-refractivity contribution >= 4 is 29.0 Å². The van der Waals surface area contributed by atoms with Gasteiger partial charge in [-0.2, -0.15) is 0 Å². The van der Waals surface area contributed by atoms with Crippen molar-refractivity contribution in [2.45, 2.75) is 12.5 Å². The summed E-state index contributed by atoms with van der Waals surface area (Å²) >= 11 is 1.08. The number of hydrogen-bond donors (Lipinski definition) is 1. The minimum atomic E-state index is -1.06. The topological polar surface area (TPSA) is 88.3 Å². The smallest absolute Gasteiger partial charge is 0.280 e. The van der Waals surface area contributed by atoms with E-state index in [2.05, 4.69) is 14.9 Å². The van der Waals surface area contributed by atoms with E-state index in [-0.39, 0.29) is 11.6 Å². The largest absolute Gasteiger partial charge is 0.467 e. The van der Waals surface area contributed by atoms with E-state index < -0.39 is 11.9 Å². The molecule has 0 aliphatic rings. The molecule has 0 spiro atoms. The lowest BCUT2D eigenvalue weighted by atomic mass is 10.0. The maximum Gasteiger partial charge on any atom is 0.280 e. The van der Waals surface area contributed by atoms with Crippen molar-refractivity contribution in [3.8, 4) is 11.1 Å². The lowest BCUT2D eigenvalue weighted by Crippen LogP contribution is -2.44. The van der Waals surface area contributed by atoms with E-state index in [9.17, 15) is 9.59 Å². The molecule has 5 aromatic rings. The van der Waals surface area contributed by atoms with Gasteiger partial charge in [-0.05, 0) is 47.3 Å². The average Bonchev–Trinajstić information content (AvgIpc) is 3.68. The number of carbonyl (C=O) groups excluding carboxylic acids is 2. The van der Waals surface area contributed by atoms with Crippen LogP contribution in [0.4, 0.5) is 5.69 Å². The van der Waals surface area contributed by atoms with E-state index >= 15 is 0 Å². The Morgan fingerprint density at radius 1 is 0.892 bits per heavy atom. The second-order valence-electron chi connectivity index (χ2n) is 8.29. The second kappa shape index (κ2) is 11.5. The van der Waals surface area contributed by atoms with E-state index in [0.717, 1.165) is 28.2 Å². The van der Waals surface area contributed by atoms with Gasteiger partial charge in [0.1, 0.15) is 5.76 Å². The highest BCUT2D eigenvalue weighted by atomic mass is 32.1. The number of benzene rings is 3. The summed E-state index contributed by atoms with van der Waals surface area (Å²) in [5.41, 5.74) is 3.53. The lowest BCUT2D eigenvalue weighted by Gasteiger charge is -2.31. The van der Waals surface area contributed by atoms with Crippen LogP contribution in [0.1, 0.15) is 27.9 Å². The monoisotopic (exact) mass is 508 g/mol. The molecule has 7 nitrogen and oxygen atoms in total. The molecule has 0 aliphatic carbocycles. The van der Waals surface area contributed by atoms with Gasteiger partial charge in [-0.3, -0.25) is 14.5 Å². The second-order valence-corrected chi connectivity index (χ2v) is 8.90. The molecule has 0 radical (unpaired) electrons. The fourth-order valence-corrected chi connectivity index (χ4v) is 4.61. The van der Waals surface area contributed by atoms with E-state index in [0.29, 0.717) is 24.4 Å². The maximum absolute atomic E-state index is 13.9. The Balaban J connectivity index is 1.56. The van der Waals surface area contributed by atoms with Crippen LogP contribution < -0.4 is 10.2 Å². The van der Waals surface area contributed by atoms with Crippen LogP contribution in [0, 0.1) is 0 Å². The van der Waals surface area contributed by atoms with Gasteiger partial charge in [0, 0.05) is 17.5 Å². The zero-order valence-corrected chi connectivity index (χ0v) is 20.7. The molecule has 5 rings (SSSR count). The Bertz CT molecular complexity index is 1440. The van der Waals surface area contributed by atoms with Crippen molar-refractivity contribution in [2.75, 3.05) is 11.4 Å². The minimum Gasteiger partial charge on any atom is -0.467 e. The molecule has 184 valence electrons. The SMILES string of the molecule is O=C(NCCc1ccccc1)[C@@H](c1ccco1)N(C(=O)c1csnn1)c1ccccc1-c1ccccc1. The number of nitrogens with one attached hydrogen (secondary N) is 1. The molecule has 2 amide bonds. The molecule has 0 bridgehead atoms. The molecule has 0 unspecified atom stereocenters. The van der Waals surface area contributed by atoms with Crippen LogP contribution >= 0.6 is 11.5 Å². The third kappa shape index (κ3) is 5.49. The Labute approximate surface area is 218 Å². The molecule has 0 saturated heterocycles. The van der Waals surface area contributed by atoms with E-state index in [1.165, 1.54) is 11.2 Å². The quantitative estimate of drug-likeness (QED) is 0.282. The maximum atomic E-state index is 13.9. The van der Waals surface area contributed by atoms with Crippen molar-refractivity contribution < 1.29 is 14.0 Å². The molecule has 2 heterocycles. The predicted octanol–water partition coefficient (Wildman–Crippen LogP) is 5.55. The number of nitrogens with zero attached hydrogens (tertiary/aromatic N) is 3. The van der Waals surface area contributed by atoms with Crippen LogP contribution in [0.2, 0.25) is 0 Å². The zero-order chi connectivity index (χ0) is 25.5. The summed E-state index contributed by atoms with van der Waals surface area (Å²) in [4.78, 5) is 29.2. The summed E-state index contributed by atoms with van der Waals surface area (Å²) in [5, 5.41) is 8.58. The van der Waals surface area contributed by atoms with Crippen molar-refractivity contribution in [3.05, 3.63) is 126 Å². The molecule has 1 N–H and O–H groups in total. The fraction of sp³-hybridized carbons (Fsp3) is 0.103. The summed E-state index contributed by atoms with van der Waals surface area (Å²) in [6.07, 6.45) is 2.15. The highest BCUT2D eigenvalue weighted by molar-refractivity contribution is 7.03. The molecule has 3 aromatic carbocycles. The van der Waals surface area contributed by atoms with Gasteiger partial charge in [-0.15, -0.1) is 5.10 Å². The van der Waals surface area contributed by atoms with Crippen LogP contribution in [0.25, 0.3) is 11.1 Å². The number of anilines is 1. The standard InChI is InChI=1S/C29H24N4O3S/c34-28(30-18-17-21-10-3-1-4-11-21)27(26-16-9-19-36-26)33(29(35)24-20-37-32-31-24)25-15-8-7-14-23(25)22-12-5-2-6-13-22/h1-16,19-20,27H,17-18H2,(H,30,34)/t27-/m1/s1. The Hall–Kier alpha value is -4.56. The molecule has 0 aliphatic heterocycles. The average molecular weight is 509 g/mol. The van der Waals surface area contributed by atoms with Gasteiger partial charge in [0.2, 0.25) is 0 Å². The molecule has 1 atom stereocenters. The molecule has 2 aromatic heterocycles. The Morgan fingerprint density at radius 3 is 2.32 bits per heavy atom. The number of amides is 2. The normalized spacial score (nSPS) is 11.6. The summed E-state index contributed by atoms with van der Waals surface area (Å²) in [7, 11) is 0. The fourth-order valence-electron chi connectivity index (χ4n) is 4.18. The highest BCUT2D eigenvalue weighted by Crippen LogP contribution is 2.37. The van der Waals surface area contributed by atoms with Crippen LogP contribution in [0.3, 0.4) is 0 Å². The molecule has 0 saturated carbocycles. The third-order valence-electron chi connectivity index (χ3n) is 5.92. The summed E-state index contributed by atoms with van der Waals surface area (Å²) in [5.74, 6) is -0.460.